The van der Waals surface area contributed by atoms with Crippen LogP contribution in [0.3, 0.4) is 0 Å². The molecule has 0 aliphatic heterocycles. The molecule has 0 aliphatic carbocycles. The van der Waals surface area contributed by atoms with Gasteiger partial charge in [0.2, 0.25) is 5.91 Å². The molecule has 0 heterocycles. The summed E-state index contributed by atoms with van der Waals surface area (Å²) in [6, 6.07) is 25.5. The van der Waals surface area contributed by atoms with Gasteiger partial charge in [0.05, 0.1) is 18.5 Å². The smallest absolute Gasteiger partial charge is 0.247 e. The first-order valence-electron chi connectivity index (χ1n) is 9.45. The molecule has 0 fully saturated rings. The number of hydrazone groups is 1. The number of rotatable bonds is 7. The van der Waals surface area contributed by atoms with Crippen molar-refractivity contribution >= 4 is 33.2 Å². The Bertz CT molecular complexity index is 985. The Morgan fingerprint density at radius 3 is 2.24 bits per heavy atom. The van der Waals surface area contributed by atoms with Crippen molar-refractivity contribution in [3.05, 3.63) is 94.5 Å². The summed E-state index contributed by atoms with van der Waals surface area (Å²) < 4.78 is 6.10. The fraction of sp³-hybridized carbons (Fsp3) is 0.167. The molecule has 148 valence electrons. The number of carbonyl (C=O) groups excluding carboxylic acids is 1. The van der Waals surface area contributed by atoms with Crippen molar-refractivity contribution < 1.29 is 9.53 Å². The standard InChI is InChI=1S/C24H23BrN2O2/c1-3-24(28)27(23-12-8-7-11-21(23)25)26-22(17-18-9-5-4-6-10-18)19-13-15-20(29-2)16-14-19/h4-16H,3,17H2,1-2H3. The highest BCUT2D eigenvalue weighted by molar-refractivity contribution is 9.10. The third kappa shape index (κ3) is 5.33. The third-order valence-electron chi connectivity index (χ3n) is 4.48. The Morgan fingerprint density at radius 1 is 0.966 bits per heavy atom. The van der Waals surface area contributed by atoms with E-state index in [0.717, 1.165) is 32.7 Å². The second-order valence-electron chi connectivity index (χ2n) is 6.45. The molecule has 3 aromatic rings. The fourth-order valence-electron chi connectivity index (χ4n) is 2.91. The lowest BCUT2D eigenvalue weighted by Gasteiger charge is -2.20. The van der Waals surface area contributed by atoms with E-state index in [-0.39, 0.29) is 5.91 Å². The molecule has 5 heteroatoms. The summed E-state index contributed by atoms with van der Waals surface area (Å²) >= 11 is 3.55. The number of benzene rings is 3. The zero-order valence-corrected chi connectivity index (χ0v) is 18.1. The normalized spacial score (nSPS) is 11.2. The molecule has 0 atom stereocenters. The van der Waals surface area contributed by atoms with Crippen LogP contribution in [0.2, 0.25) is 0 Å². The molecule has 4 nitrogen and oxygen atoms in total. The Hall–Kier alpha value is -2.92. The van der Waals surface area contributed by atoms with Gasteiger partial charge in [-0.2, -0.15) is 10.1 Å². The Kier molecular flexibility index (Phi) is 7.19. The van der Waals surface area contributed by atoms with Gasteiger partial charge in [-0.05, 0) is 63.5 Å². The van der Waals surface area contributed by atoms with Crippen LogP contribution in [-0.2, 0) is 11.2 Å². The number of methoxy groups -OCH3 is 1. The minimum atomic E-state index is -0.0732. The predicted octanol–water partition coefficient (Wildman–Crippen LogP) is 5.85. The number of carbonyl (C=O) groups is 1. The van der Waals surface area contributed by atoms with Crippen LogP contribution >= 0.6 is 15.9 Å². The van der Waals surface area contributed by atoms with E-state index >= 15 is 0 Å². The molecule has 0 bridgehead atoms. The highest BCUT2D eigenvalue weighted by atomic mass is 79.9. The number of amides is 1. The van der Waals surface area contributed by atoms with Gasteiger partial charge in [0.15, 0.2) is 0 Å². The number of hydrogen-bond donors (Lipinski definition) is 0. The molecule has 0 unspecified atom stereocenters. The SMILES string of the molecule is CCC(=O)N(N=C(Cc1ccccc1)c1ccc(OC)cc1)c1ccccc1Br. The molecule has 3 rings (SSSR count). The highest BCUT2D eigenvalue weighted by Crippen LogP contribution is 2.27. The molecule has 0 aliphatic rings. The summed E-state index contributed by atoms with van der Waals surface area (Å²) in [5, 5.41) is 6.32. The molecule has 0 aromatic heterocycles. The van der Waals surface area contributed by atoms with E-state index in [1.54, 1.807) is 7.11 Å². The molecule has 0 saturated carbocycles. The van der Waals surface area contributed by atoms with Gasteiger partial charge in [0.1, 0.15) is 5.75 Å². The number of hydrogen-bond acceptors (Lipinski definition) is 3. The van der Waals surface area contributed by atoms with Crippen LogP contribution in [0.4, 0.5) is 5.69 Å². The van der Waals surface area contributed by atoms with Crippen LogP contribution < -0.4 is 9.75 Å². The van der Waals surface area contributed by atoms with Crippen molar-refractivity contribution in [3.63, 3.8) is 0 Å². The molecule has 0 spiro atoms. The van der Waals surface area contributed by atoms with Gasteiger partial charge in [-0.15, -0.1) is 0 Å². The van der Waals surface area contributed by atoms with Gasteiger partial charge < -0.3 is 4.74 Å². The maximum atomic E-state index is 12.8. The number of para-hydroxylation sites is 1. The van der Waals surface area contributed by atoms with E-state index in [1.165, 1.54) is 5.01 Å². The van der Waals surface area contributed by atoms with E-state index in [4.69, 9.17) is 9.84 Å². The van der Waals surface area contributed by atoms with E-state index < -0.39 is 0 Å². The molecule has 0 N–H and O–H groups in total. The minimum Gasteiger partial charge on any atom is -0.497 e. The quantitative estimate of drug-likeness (QED) is 0.334. The van der Waals surface area contributed by atoms with Crippen LogP contribution in [-0.4, -0.2) is 18.7 Å². The lowest BCUT2D eigenvalue weighted by molar-refractivity contribution is -0.118. The summed E-state index contributed by atoms with van der Waals surface area (Å²) in [5.74, 6) is 0.705. The van der Waals surface area contributed by atoms with E-state index in [0.29, 0.717) is 12.8 Å². The largest absolute Gasteiger partial charge is 0.497 e. The van der Waals surface area contributed by atoms with Crippen LogP contribution in [0, 0.1) is 0 Å². The first-order valence-corrected chi connectivity index (χ1v) is 10.2. The molecule has 0 saturated heterocycles. The second kappa shape index (κ2) is 10.0. The zero-order chi connectivity index (χ0) is 20.6. The van der Waals surface area contributed by atoms with Crippen molar-refractivity contribution in [2.24, 2.45) is 5.10 Å². The molecule has 29 heavy (non-hydrogen) atoms. The summed E-state index contributed by atoms with van der Waals surface area (Å²) in [6.07, 6.45) is 0.956. The molecular formula is C24H23BrN2O2. The topological polar surface area (TPSA) is 41.9 Å². The molecule has 3 aromatic carbocycles. The van der Waals surface area contributed by atoms with Crippen molar-refractivity contribution in [3.8, 4) is 5.75 Å². The van der Waals surface area contributed by atoms with Crippen molar-refractivity contribution in [1.29, 1.82) is 0 Å². The molecular weight excluding hydrogens is 428 g/mol. The molecule has 0 radical (unpaired) electrons. The second-order valence-corrected chi connectivity index (χ2v) is 7.30. The van der Waals surface area contributed by atoms with Gasteiger partial charge in [0, 0.05) is 17.3 Å². The first-order chi connectivity index (χ1) is 14.1. The van der Waals surface area contributed by atoms with E-state index in [1.807, 2.05) is 73.7 Å². The highest BCUT2D eigenvalue weighted by Gasteiger charge is 2.18. The number of nitrogens with zero attached hydrogens (tertiary/aromatic N) is 2. The summed E-state index contributed by atoms with van der Waals surface area (Å²) in [7, 11) is 1.64. The summed E-state index contributed by atoms with van der Waals surface area (Å²) in [6.45, 7) is 1.84. The van der Waals surface area contributed by atoms with Gasteiger partial charge in [-0.1, -0.05) is 49.4 Å². The minimum absolute atomic E-state index is 0.0732. The maximum absolute atomic E-state index is 12.8. The monoisotopic (exact) mass is 450 g/mol. The Balaban J connectivity index is 2.09. The summed E-state index contributed by atoms with van der Waals surface area (Å²) in [4.78, 5) is 12.8. The number of anilines is 1. The van der Waals surface area contributed by atoms with Gasteiger partial charge in [-0.3, -0.25) is 4.79 Å². The van der Waals surface area contributed by atoms with Crippen LogP contribution in [0.25, 0.3) is 0 Å². The fourth-order valence-corrected chi connectivity index (χ4v) is 3.36. The zero-order valence-electron chi connectivity index (χ0n) is 16.5. The number of ether oxygens (including phenoxy) is 1. The Labute approximate surface area is 180 Å². The van der Waals surface area contributed by atoms with Gasteiger partial charge >= 0.3 is 0 Å². The van der Waals surface area contributed by atoms with Crippen molar-refractivity contribution in [2.75, 3.05) is 12.1 Å². The number of halogens is 1. The average Bonchev–Trinajstić information content (AvgIpc) is 2.77. The first kappa shape index (κ1) is 20.8. The van der Waals surface area contributed by atoms with Crippen molar-refractivity contribution in [2.45, 2.75) is 19.8 Å². The maximum Gasteiger partial charge on any atom is 0.247 e. The van der Waals surface area contributed by atoms with Crippen LogP contribution in [0.1, 0.15) is 24.5 Å². The van der Waals surface area contributed by atoms with E-state index in [2.05, 4.69) is 28.1 Å². The molecule has 1 amide bonds. The third-order valence-corrected chi connectivity index (χ3v) is 5.15. The van der Waals surface area contributed by atoms with Gasteiger partial charge in [-0.25, -0.2) is 0 Å². The lowest BCUT2D eigenvalue weighted by atomic mass is 10.0. The Morgan fingerprint density at radius 2 is 1.62 bits per heavy atom. The van der Waals surface area contributed by atoms with Gasteiger partial charge in [0.25, 0.3) is 0 Å². The van der Waals surface area contributed by atoms with Crippen LogP contribution in [0.5, 0.6) is 5.75 Å². The lowest BCUT2D eigenvalue weighted by Crippen LogP contribution is -2.27. The predicted molar refractivity (Wildman–Crippen MR) is 122 cm³/mol. The van der Waals surface area contributed by atoms with Crippen molar-refractivity contribution in [1.82, 2.24) is 0 Å². The summed E-state index contributed by atoms with van der Waals surface area (Å²) in [5.41, 5.74) is 3.59. The average molecular weight is 451 g/mol. The van der Waals surface area contributed by atoms with Crippen LogP contribution in [0.15, 0.2) is 88.4 Å². The van der Waals surface area contributed by atoms with E-state index in [9.17, 15) is 4.79 Å².